The molecule has 7 heteroatoms. The highest BCUT2D eigenvalue weighted by Crippen LogP contribution is 2.27. The maximum atomic E-state index is 11.6. The third-order valence-electron chi connectivity index (χ3n) is 2.77. The number of anilines is 1. The van der Waals surface area contributed by atoms with Crippen molar-refractivity contribution >= 4 is 29.2 Å². The number of ether oxygens (including phenoxy) is 1. The van der Waals surface area contributed by atoms with Gasteiger partial charge in [-0.25, -0.2) is 4.79 Å². The van der Waals surface area contributed by atoms with E-state index in [1.54, 1.807) is 18.2 Å². The summed E-state index contributed by atoms with van der Waals surface area (Å²) in [6.07, 6.45) is 1.94. The Bertz CT molecular complexity index is 518. The molecule has 0 heterocycles. The Morgan fingerprint density at radius 1 is 1.40 bits per heavy atom. The summed E-state index contributed by atoms with van der Waals surface area (Å²) >= 11 is 5.88. The van der Waals surface area contributed by atoms with Crippen LogP contribution in [0.3, 0.4) is 0 Å². The van der Waals surface area contributed by atoms with Crippen molar-refractivity contribution in [1.82, 2.24) is 10.6 Å². The minimum absolute atomic E-state index is 0.0468. The molecular weight excluding hydrogens is 282 g/mol. The van der Waals surface area contributed by atoms with E-state index in [1.807, 2.05) is 0 Å². The quantitative estimate of drug-likeness (QED) is 0.773. The first-order valence-corrected chi connectivity index (χ1v) is 6.64. The molecule has 0 spiro atoms. The Morgan fingerprint density at radius 2 is 2.15 bits per heavy atom. The predicted octanol–water partition coefficient (Wildman–Crippen LogP) is 1.75. The average Bonchev–Trinajstić information content (AvgIpc) is 3.20. The van der Waals surface area contributed by atoms with Gasteiger partial charge in [-0.1, -0.05) is 11.6 Å². The van der Waals surface area contributed by atoms with Gasteiger partial charge in [-0.05, 0) is 31.0 Å². The van der Waals surface area contributed by atoms with E-state index in [0.29, 0.717) is 16.5 Å². The fourth-order valence-corrected chi connectivity index (χ4v) is 1.79. The molecular formula is C13H16ClN3O3. The second-order valence-electron chi connectivity index (χ2n) is 4.49. The van der Waals surface area contributed by atoms with Gasteiger partial charge < -0.3 is 15.4 Å². The molecule has 0 saturated heterocycles. The number of amides is 3. The molecule has 0 aromatic heterocycles. The summed E-state index contributed by atoms with van der Waals surface area (Å²) in [7, 11) is 1.53. The number of urea groups is 1. The average molecular weight is 298 g/mol. The molecule has 1 aromatic carbocycles. The largest absolute Gasteiger partial charge is 0.495 e. The number of carbonyl (C=O) groups is 2. The molecule has 1 aliphatic carbocycles. The first-order chi connectivity index (χ1) is 9.58. The molecule has 0 radical (unpaired) electrons. The number of carbonyl (C=O) groups excluding carboxylic acids is 2. The second-order valence-corrected chi connectivity index (χ2v) is 4.93. The van der Waals surface area contributed by atoms with Crippen molar-refractivity contribution < 1.29 is 14.3 Å². The minimum atomic E-state index is -0.461. The molecule has 0 unspecified atom stereocenters. The van der Waals surface area contributed by atoms with Crippen LogP contribution in [-0.2, 0) is 4.79 Å². The summed E-state index contributed by atoms with van der Waals surface area (Å²) < 4.78 is 5.14. The van der Waals surface area contributed by atoms with Crippen molar-refractivity contribution in [1.29, 1.82) is 0 Å². The highest BCUT2D eigenvalue weighted by molar-refractivity contribution is 6.30. The molecule has 0 atom stereocenters. The van der Waals surface area contributed by atoms with E-state index in [2.05, 4.69) is 16.0 Å². The lowest BCUT2D eigenvalue weighted by Crippen LogP contribution is -2.42. The SMILES string of the molecule is COc1ccc(Cl)cc1NCC(=O)NC(=O)NC1CC1. The Labute approximate surface area is 121 Å². The number of nitrogens with one attached hydrogen (secondary N) is 3. The molecule has 1 aliphatic rings. The summed E-state index contributed by atoms with van der Waals surface area (Å²) in [4.78, 5) is 23.0. The molecule has 20 heavy (non-hydrogen) atoms. The summed E-state index contributed by atoms with van der Waals surface area (Å²) in [5.74, 6) is 0.148. The molecule has 1 aromatic rings. The Morgan fingerprint density at radius 3 is 2.80 bits per heavy atom. The highest BCUT2D eigenvalue weighted by atomic mass is 35.5. The normalized spacial score (nSPS) is 13.5. The number of hydrogen-bond donors (Lipinski definition) is 3. The topological polar surface area (TPSA) is 79.5 Å². The van der Waals surface area contributed by atoms with Crippen molar-refractivity contribution in [2.45, 2.75) is 18.9 Å². The number of halogens is 1. The van der Waals surface area contributed by atoms with E-state index >= 15 is 0 Å². The second kappa shape index (κ2) is 6.47. The maximum absolute atomic E-state index is 11.6. The van der Waals surface area contributed by atoms with E-state index in [-0.39, 0.29) is 12.6 Å². The van der Waals surface area contributed by atoms with Crippen molar-refractivity contribution in [2.75, 3.05) is 19.0 Å². The smallest absolute Gasteiger partial charge is 0.321 e. The first kappa shape index (κ1) is 14.5. The zero-order valence-corrected chi connectivity index (χ0v) is 11.8. The van der Waals surface area contributed by atoms with Gasteiger partial charge in [0.05, 0.1) is 19.3 Å². The van der Waals surface area contributed by atoms with Gasteiger partial charge in [0.1, 0.15) is 5.75 Å². The number of hydrogen-bond acceptors (Lipinski definition) is 4. The molecule has 0 bridgehead atoms. The lowest BCUT2D eigenvalue weighted by atomic mass is 10.3. The van der Waals surface area contributed by atoms with Crippen LogP contribution in [-0.4, -0.2) is 31.6 Å². The Kier molecular flexibility index (Phi) is 4.68. The number of methoxy groups -OCH3 is 1. The fraction of sp³-hybridized carbons (Fsp3) is 0.385. The Hall–Kier alpha value is -1.95. The van der Waals surface area contributed by atoms with Gasteiger partial charge in [0, 0.05) is 11.1 Å². The lowest BCUT2D eigenvalue weighted by Gasteiger charge is -2.11. The van der Waals surface area contributed by atoms with Gasteiger partial charge in [0.2, 0.25) is 5.91 Å². The zero-order chi connectivity index (χ0) is 14.5. The predicted molar refractivity (Wildman–Crippen MR) is 76.2 cm³/mol. The number of imide groups is 1. The van der Waals surface area contributed by atoms with Crippen molar-refractivity contribution in [3.05, 3.63) is 23.2 Å². The van der Waals surface area contributed by atoms with Crippen LogP contribution < -0.4 is 20.7 Å². The van der Waals surface area contributed by atoms with E-state index in [1.165, 1.54) is 7.11 Å². The van der Waals surface area contributed by atoms with Crippen LogP contribution in [0.1, 0.15) is 12.8 Å². The van der Waals surface area contributed by atoms with E-state index in [9.17, 15) is 9.59 Å². The molecule has 1 fully saturated rings. The molecule has 108 valence electrons. The first-order valence-electron chi connectivity index (χ1n) is 6.26. The van der Waals surface area contributed by atoms with Crippen molar-refractivity contribution in [3.8, 4) is 5.75 Å². The van der Waals surface area contributed by atoms with Gasteiger partial charge in [0.15, 0.2) is 0 Å². The van der Waals surface area contributed by atoms with Gasteiger partial charge in [-0.15, -0.1) is 0 Å². The summed E-state index contributed by atoms with van der Waals surface area (Å²) in [5, 5.41) is 8.32. The minimum Gasteiger partial charge on any atom is -0.495 e. The van der Waals surface area contributed by atoms with Crippen LogP contribution in [0.25, 0.3) is 0 Å². The maximum Gasteiger partial charge on any atom is 0.321 e. The van der Waals surface area contributed by atoms with Crippen molar-refractivity contribution in [2.24, 2.45) is 0 Å². The summed E-state index contributed by atoms with van der Waals surface area (Å²) in [6.45, 7) is -0.0468. The lowest BCUT2D eigenvalue weighted by molar-refractivity contribution is -0.118. The Balaban J connectivity index is 1.82. The number of rotatable bonds is 5. The van der Waals surface area contributed by atoms with Gasteiger partial charge in [0.25, 0.3) is 0 Å². The molecule has 1 saturated carbocycles. The summed E-state index contributed by atoms with van der Waals surface area (Å²) in [6, 6.07) is 4.79. The highest BCUT2D eigenvalue weighted by Gasteiger charge is 2.23. The third-order valence-corrected chi connectivity index (χ3v) is 3.00. The zero-order valence-electron chi connectivity index (χ0n) is 11.0. The monoisotopic (exact) mass is 297 g/mol. The molecule has 0 aliphatic heterocycles. The van der Waals surface area contributed by atoms with Crippen LogP contribution in [0.2, 0.25) is 5.02 Å². The number of benzene rings is 1. The van der Waals surface area contributed by atoms with Crippen LogP contribution in [0.15, 0.2) is 18.2 Å². The van der Waals surface area contributed by atoms with Crippen LogP contribution in [0.5, 0.6) is 5.75 Å². The van der Waals surface area contributed by atoms with Crippen LogP contribution in [0.4, 0.5) is 10.5 Å². The third kappa shape index (κ3) is 4.31. The molecule has 3 amide bonds. The van der Waals surface area contributed by atoms with E-state index < -0.39 is 11.9 Å². The molecule has 3 N–H and O–H groups in total. The van der Waals surface area contributed by atoms with Gasteiger partial charge >= 0.3 is 6.03 Å². The molecule has 6 nitrogen and oxygen atoms in total. The van der Waals surface area contributed by atoms with Gasteiger partial charge in [-0.3, -0.25) is 10.1 Å². The standard InChI is InChI=1S/C13H16ClN3O3/c1-20-11-5-2-8(14)6-10(11)15-7-12(18)17-13(19)16-9-3-4-9/h2,5-6,9,15H,3-4,7H2,1H3,(H2,16,17,18,19). The van der Waals surface area contributed by atoms with E-state index in [0.717, 1.165) is 12.8 Å². The molecule has 2 rings (SSSR count). The van der Waals surface area contributed by atoms with Crippen LogP contribution in [0, 0.1) is 0 Å². The van der Waals surface area contributed by atoms with Crippen molar-refractivity contribution in [3.63, 3.8) is 0 Å². The van der Waals surface area contributed by atoms with Crippen LogP contribution >= 0.6 is 11.6 Å². The van der Waals surface area contributed by atoms with E-state index in [4.69, 9.17) is 16.3 Å². The summed E-state index contributed by atoms with van der Waals surface area (Å²) in [5.41, 5.74) is 0.595. The fourth-order valence-electron chi connectivity index (χ4n) is 1.61. The van der Waals surface area contributed by atoms with Gasteiger partial charge in [-0.2, -0.15) is 0 Å².